The number of alkyl halides is 3. The van der Waals surface area contributed by atoms with Gasteiger partial charge in [-0.3, -0.25) is 14.6 Å². The Kier molecular flexibility index (Phi) is 3.65. The maximum Gasteiger partial charge on any atom is 0.406 e. The molecule has 1 N–H and O–H groups in total. The average Bonchev–Trinajstić information content (AvgIpc) is 2.84. The molecule has 1 atom stereocenters. The number of pyridine rings is 1. The van der Waals surface area contributed by atoms with Crippen molar-refractivity contribution in [2.24, 2.45) is 5.41 Å². The van der Waals surface area contributed by atoms with E-state index >= 15 is 0 Å². The number of aliphatic carboxylic acids is 1. The van der Waals surface area contributed by atoms with Crippen LogP contribution in [0.15, 0.2) is 18.3 Å². The Morgan fingerprint density at radius 3 is 2.57 bits per heavy atom. The predicted octanol–water partition coefficient (Wildman–Crippen LogP) is 1.87. The van der Waals surface area contributed by atoms with Crippen LogP contribution in [0.25, 0.3) is 0 Å². The Labute approximate surface area is 118 Å². The summed E-state index contributed by atoms with van der Waals surface area (Å²) in [5.74, 6) is -2.58. The molecule has 1 aromatic heterocycles. The molecule has 1 aliphatic rings. The number of carboxylic acids is 1. The number of carbonyl (C=O) groups excluding carboxylic acids is 1. The van der Waals surface area contributed by atoms with Gasteiger partial charge in [-0.15, -0.1) is 0 Å². The van der Waals surface area contributed by atoms with Gasteiger partial charge in [0.2, 0.25) is 0 Å². The van der Waals surface area contributed by atoms with Crippen molar-refractivity contribution in [2.45, 2.75) is 19.5 Å². The van der Waals surface area contributed by atoms with Crippen LogP contribution in [0.1, 0.15) is 22.5 Å². The van der Waals surface area contributed by atoms with E-state index in [0.29, 0.717) is 5.69 Å². The molecule has 1 fully saturated rings. The summed E-state index contributed by atoms with van der Waals surface area (Å²) >= 11 is 0. The van der Waals surface area contributed by atoms with Crippen LogP contribution in [0.2, 0.25) is 0 Å². The molecular weight excluding hydrogens is 289 g/mol. The largest absolute Gasteiger partial charge is 0.481 e. The molecule has 21 heavy (non-hydrogen) atoms. The van der Waals surface area contributed by atoms with E-state index in [-0.39, 0.29) is 12.1 Å². The third kappa shape index (κ3) is 2.45. The second-order valence-electron chi connectivity index (χ2n) is 5.00. The molecular formula is C13H13F3N2O3. The zero-order valence-corrected chi connectivity index (χ0v) is 11.1. The Morgan fingerprint density at radius 1 is 1.43 bits per heavy atom. The van der Waals surface area contributed by atoms with E-state index in [1.54, 1.807) is 6.92 Å². The van der Waals surface area contributed by atoms with Crippen molar-refractivity contribution in [1.29, 1.82) is 0 Å². The smallest absolute Gasteiger partial charge is 0.406 e. The standard InChI is InChI=1S/C13H13F3N2O3/c1-8-9(3-2-5-17-8)10(19)18-6-4-12(7-18,11(20)21)13(14,15)16/h2-3,5H,4,6-7H2,1H3,(H,20,21). The Hall–Kier alpha value is -2.12. The molecule has 8 heteroatoms. The normalized spacial score (nSPS) is 22.4. The maximum absolute atomic E-state index is 13.1. The number of hydrogen-bond donors (Lipinski definition) is 1. The maximum atomic E-state index is 13.1. The molecule has 0 radical (unpaired) electrons. The molecule has 1 amide bonds. The molecule has 0 aromatic carbocycles. The SMILES string of the molecule is Cc1ncccc1C(=O)N1CCC(C(=O)O)(C(F)(F)F)C1. The lowest BCUT2D eigenvalue weighted by Gasteiger charge is -2.27. The van der Waals surface area contributed by atoms with Gasteiger partial charge in [0.25, 0.3) is 5.91 Å². The van der Waals surface area contributed by atoms with Gasteiger partial charge in [0, 0.05) is 25.0 Å². The zero-order chi connectivity index (χ0) is 15.8. The van der Waals surface area contributed by atoms with Crippen molar-refractivity contribution >= 4 is 11.9 Å². The fourth-order valence-electron chi connectivity index (χ4n) is 2.39. The first-order chi connectivity index (χ1) is 9.69. The fraction of sp³-hybridized carbons (Fsp3) is 0.462. The van der Waals surface area contributed by atoms with Crippen LogP contribution in [0.3, 0.4) is 0 Å². The molecule has 1 unspecified atom stereocenters. The molecule has 1 saturated heterocycles. The van der Waals surface area contributed by atoms with Gasteiger partial charge >= 0.3 is 12.1 Å². The van der Waals surface area contributed by atoms with Crippen LogP contribution in [0.4, 0.5) is 13.2 Å². The molecule has 114 valence electrons. The van der Waals surface area contributed by atoms with Gasteiger partial charge in [0.15, 0.2) is 5.41 Å². The quantitative estimate of drug-likeness (QED) is 0.905. The summed E-state index contributed by atoms with van der Waals surface area (Å²) in [5.41, 5.74) is -2.32. The monoisotopic (exact) mass is 302 g/mol. The van der Waals surface area contributed by atoms with Gasteiger partial charge in [-0.25, -0.2) is 0 Å². The first kappa shape index (κ1) is 15.3. The number of amides is 1. The highest BCUT2D eigenvalue weighted by atomic mass is 19.4. The molecule has 1 aromatic rings. The minimum Gasteiger partial charge on any atom is -0.481 e. The number of rotatable bonds is 2. The highest BCUT2D eigenvalue weighted by Gasteiger charge is 2.64. The van der Waals surface area contributed by atoms with Gasteiger partial charge in [0.05, 0.1) is 5.56 Å². The van der Waals surface area contributed by atoms with E-state index in [1.807, 2.05) is 0 Å². The lowest BCUT2D eigenvalue weighted by atomic mass is 9.86. The number of hydrogen-bond acceptors (Lipinski definition) is 3. The van der Waals surface area contributed by atoms with Gasteiger partial charge < -0.3 is 10.0 Å². The Morgan fingerprint density at radius 2 is 2.10 bits per heavy atom. The van der Waals surface area contributed by atoms with Crippen molar-refractivity contribution in [2.75, 3.05) is 13.1 Å². The molecule has 0 bridgehead atoms. The van der Waals surface area contributed by atoms with E-state index in [2.05, 4.69) is 4.98 Å². The number of carboxylic acid groups (broad SMARTS) is 1. The molecule has 2 heterocycles. The summed E-state index contributed by atoms with van der Waals surface area (Å²) < 4.78 is 39.2. The summed E-state index contributed by atoms with van der Waals surface area (Å²) in [5, 5.41) is 8.95. The Balaban J connectivity index is 2.28. The molecule has 2 rings (SSSR count). The molecule has 0 aliphatic carbocycles. The van der Waals surface area contributed by atoms with Gasteiger partial charge in [0.1, 0.15) is 0 Å². The van der Waals surface area contributed by atoms with Crippen molar-refractivity contribution in [3.63, 3.8) is 0 Å². The average molecular weight is 302 g/mol. The first-order valence-corrected chi connectivity index (χ1v) is 6.20. The second kappa shape index (κ2) is 5.01. The number of carbonyl (C=O) groups is 2. The zero-order valence-electron chi connectivity index (χ0n) is 11.1. The number of aryl methyl sites for hydroxylation is 1. The number of halogens is 3. The fourth-order valence-corrected chi connectivity index (χ4v) is 2.39. The highest BCUT2D eigenvalue weighted by molar-refractivity contribution is 5.96. The highest BCUT2D eigenvalue weighted by Crippen LogP contribution is 2.46. The third-order valence-electron chi connectivity index (χ3n) is 3.75. The van der Waals surface area contributed by atoms with Gasteiger partial charge in [-0.2, -0.15) is 13.2 Å². The lowest BCUT2D eigenvalue weighted by molar-refractivity contribution is -0.227. The molecule has 0 saturated carbocycles. The van der Waals surface area contributed by atoms with Crippen molar-refractivity contribution in [3.05, 3.63) is 29.6 Å². The van der Waals surface area contributed by atoms with E-state index < -0.39 is 36.4 Å². The molecule has 0 spiro atoms. The van der Waals surface area contributed by atoms with Gasteiger partial charge in [-0.1, -0.05) is 0 Å². The van der Waals surface area contributed by atoms with Gasteiger partial charge in [-0.05, 0) is 25.5 Å². The number of nitrogens with zero attached hydrogens (tertiary/aromatic N) is 2. The summed E-state index contributed by atoms with van der Waals surface area (Å²) in [7, 11) is 0. The Bertz CT molecular complexity index is 588. The van der Waals surface area contributed by atoms with E-state index in [4.69, 9.17) is 5.11 Å². The minimum absolute atomic E-state index is 0.181. The lowest BCUT2D eigenvalue weighted by Crippen LogP contribution is -2.47. The van der Waals surface area contributed by atoms with E-state index in [0.717, 1.165) is 4.90 Å². The summed E-state index contributed by atoms with van der Waals surface area (Å²) in [6, 6.07) is 2.96. The van der Waals surface area contributed by atoms with Crippen molar-refractivity contribution in [1.82, 2.24) is 9.88 Å². The van der Waals surface area contributed by atoms with Crippen molar-refractivity contribution < 1.29 is 27.9 Å². The van der Waals surface area contributed by atoms with Crippen LogP contribution in [0.5, 0.6) is 0 Å². The minimum atomic E-state index is -4.90. The number of aromatic nitrogens is 1. The summed E-state index contributed by atoms with van der Waals surface area (Å²) in [4.78, 5) is 28.1. The third-order valence-corrected chi connectivity index (χ3v) is 3.75. The van der Waals surface area contributed by atoms with Crippen LogP contribution in [-0.4, -0.2) is 46.1 Å². The summed E-state index contributed by atoms with van der Waals surface area (Å²) in [6.07, 6.45) is -4.08. The first-order valence-electron chi connectivity index (χ1n) is 6.20. The van der Waals surface area contributed by atoms with Crippen LogP contribution in [0, 0.1) is 12.3 Å². The number of likely N-dealkylation sites (tertiary alicyclic amines) is 1. The van der Waals surface area contributed by atoms with E-state index in [1.165, 1.54) is 18.3 Å². The topological polar surface area (TPSA) is 70.5 Å². The molecule has 5 nitrogen and oxygen atoms in total. The molecule has 1 aliphatic heterocycles. The second-order valence-corrected chi connectivity index (χ2v) is 5.00. The van der Waals surface area contributed by atoms with Crippen LogP contribution >= 0.6 is 0 Å². The van der Waals surface area contributed by atoms with Crippen LogP contribution in [-0.2, 0) is 4.79 Å². The summed E-state index contributed by atoms with van der Waals surface area (Å²) in [6.45, 7) is 0.440. The van der Waals surface area contributed by atoms with Crippen LogP contribution < -0.4 is 0 Å². The van der Waals surface area contributed by atoms with E-state index in [9.17, 15) is 22.8 Å². The predicted molar refractivity (Wildman–Crippen MR) is 65.6 cm³/mol. The van der Waals surface area contributed by atoms with Crippen molar-refractivity contribution in [3.8, 4) is 0 Å².